The van der Waals surface area contributed by atoms with Gasteiger partial charge >= 0.3 is 0 Å². The summed E-state index contributed by atoms with van der Waals surface area (Å²) < 4.78 is 27.0. The van der Waals surface area contributed by atoms with E-state index in [0.717, 1.165) is 24.1 Å². The summed E-state index contributed by atoms with van der Waals surface area (Å²) >= 11 is 18.9. The SMILES string of the molecule is N#Cc1ccc(N(Cc2cc(Cl)ccc2Cl)[C@H]2CCN(S(=O)(=O)C3CC3)C2)cc1Cl. The van der Waals surface area contributed by atoms with Gasteiger partial charge in [0.2, 0.25) is 10.0 Å². The van der Waals surface area contributed by atoms with E-state index >= 15 is 0 Å². The van der Waals surface area contributed by atoms with Gasteiger partial charge in [-0.15, -0.1) is 0 Å². The van der Waals surface area contributed by atoms with Crippen molar-refractivity contribution in [2.24, 2.45) is 0 Å². The molecule has 0 bridgehead atoms. The zero-order valence-corrected chi connectivity index (χ0v) is 19.1. The van der Waals surface area contributed by atoms with Crippen LogP contribution in [-0.4, -0.2) is 37.1 Å². The number of halogens is 3. The van der Waals surface area contributed by atoms with Gasteiger partial charge in [0.25, 0.3) is 0 Å². The van der Waals surface area contributed by atoms with E-state index in [4.69, 9.17) is 34.8 Å². The van der Waals surface area contributed by atoms with E-state index in [1.807, 2.05) is 12.1 Å². The zero-order valence-electron chi connectivity index (χ0n) is 16.1. The van der Waals surface area contributed by atoms with Crippen LogP contribution in [0.4, 0.5) is 5.69 Å². The smallest absolute Gasteiger partial charge is 0.217 e. The molecule has 30 heavy (non-hydrogen) atoms. The molecular weight excluding hydrogens is 465 g/mol. The quantitative estimate of drug-likeness (QED) is 0.573. The first-order valence-corrected chi connectivity index (χ1v) is 12.3. The van der Waals surface area contributed by atoms with E-state index in [2.05, 4.69) is 11.0 Å². The predicted molar refractivity (Wildman–Crippen MR) is 121 cm³/mol. The Hall–Kier alpha value is -1.49. The van der Waals surface area contributed by atoms with Crippen LogP contribution < -0.4 is 4.90 Å². The summed E-state index contributed by atoms with van der Waals surface area (Å²) in [6, 6.07) is 12.6. The summed E-state index contributed by atoms with van der Waals surface area (Å²) in [7, 11) is -3.23. The third kappa shape index (κ3) is 4.42. The number of anilines is 1. The minimum Gasteiger partial charge on any atom is -0.363 e. The number of hydrogen-bond donors (Lipinski definition) is 0. The van der Waals surface area contributed by atoms with Crippen molar-refractivity contribution < 1.29 is 8.42 Å². The van der Waals surface area contributed by atoms with Gasteiger partial charge in [-0.3, -0.25) is 0 Å². The predicted octanol–water partition coefficient (Wildman–Crippen LogP) is 5.09. The first kappa shape index (κ1) is 21.7. The molecule has 1 aliphatic heterocycles. The Labute approximate surface area is 191 Å². The number of nitrogens with zero attached hydrogens (tertiary/aromatic N) is 3. The average Bonchev–Trinajstić information content (AvgIpc) is 3.46. The largest absolute Gasteiger partial charge is 0.363 e. The Morgan fingerprint density at radius 2 is 1.83 bits per heavy atom. The molecule has 2 aliphatic rings. The summed E-state index contributed by atoms with van der Waals surface area (Å²) in [6.45, 7) is 1.35. The molecule has 158 valence electrons. The molecule has 2 fully saturated rings. The fourth-order valence-corrected chi connectivity index (χ4v) is 6.31. The highest BCUT2D eigenvalue weighted by atomic mass is 35.5. The van der Waals surface area contributed by atoms with Crippen molar-refractivity contribution in [2.75, 3.05) is 18.0 Å². The second kappa shape index (κ2) is 8.57. The molecule has 1 saturated carbocycles. The van der Waals surface area contributed by atoms with Crippen molar-refractivity contribution in [1.29, 1.82) is 5.26 Å². The van der Waals surface area contributed by atoms with Gasteiger partial charge in [0.05, 0.1) is 15.8 Å². The Balaban J connectivity index is 1.66. The maximum absolute atomic E-state index is 12.7. The zero-order chi connectivity index (χ0) is 21.5. The topological polar surface area (TPSA) is 64.4 Å². The minimum atomic E-state index is -3.23. The second-order valence-corrected chi connectivity index (χ2v) is 11.1. The number of rotatable bonds is 6. The Morgan fingerprint density at radius 1 is 1.07 bits per heavy atom. The number of nitriles is 1. The van der Waals surface area contributed by atoms with Gasteiger partial charge in [0.1, 0.15) is 6.07 Å². The molecule has 5 nitrogen and oxygen atoms in total. The maximum Gasteiger partial charge on any atom is 0.217 e. The lowest BCUT2D eigenvalue weighted by Gasteiger charge is -2.32. The Bertz CT molecular complexity index is 1110. The third-order valence-electron chi connectivity index (χ3n) is 5.63. The number of hydrogen-bond acceptors (Lipinski definition) is 4. The Kier molecular flexibility index (Phi) is 6.20. The first-order chi connectivity index (χ1) is 14.3. The van der Waals surface area contributed by atoms with Crippen molar-refractivity contribution in [2.45, 2.75) is 37.1 Å². The molecule has 0 radical (unpaired) electrons. The fourth-order valence-electron chi connectivity index (χ4n) is 3.83. The summed E-state index contributed by atoms with van der Waals surface area (Å²) in [5.74, 6) is 0. The molecule has 0 aromatic heterocycles. The highest BCUT2D eigenvalue weighted by Crippen LogP contribution is 2.36. The van der Waals surface area contributed by atoms with Crippen molar-refractivity contribution >= 4 is 50.5 Å². The summed E-state index contributed by atoms with van der Waals surface area (Å²) in [5.41, 5.74) is 2.05. The van der Waals surface area contributed by atoms with Gasteiger partial charge in [-0.25, -0.2) is 8.42 Å². The van der Waals surface area contributed by atoms with Crippen LogP contribution in [0.3, 0.4) is 0 Å². The van der Waals surface area contributed by atoms with Gasteiger partial charge in [0, 0.05) is 41.4 Å². The summed E-state index contributed by atoms with van der Waals surface area (Å²) in [6.07, 6.45) is 2.19. The molecule has 0 N–H and O–H groups in total. The van der Waals surface area contributed by atoms with Crippen LogP contribution in [0.25, 0.3) is 0 Å². The molecule has 1 heterocycles. The highest BCUT2D eigenvalue weighted by Gasteiger charge is 2.43. The third-order valence-corrected chi connectivity index (χ3v) is 8.91. The minimum absolute atomic E-state index is 0.0439. The second-order valence-electron chi connectivity index (χ2n) is 7.68. The summed E-state index contributed by atoms with van der Waals surface area (Å²) in [4.78, 5) is 2.10. The Morgan fingerprint density at radius 3 is 2.50 bits per heavy atom. The lowest BCUT2D eigenvalue weighted by molar-refractivity contribution is 0.467. The van der Waals surface area contributed by atoms with E-state index in [-0.39, 0.29) is 11.3 Å². The van der Waals surface area contributed by atoms with Crippen LogP contribution in [0.2, 0.25) is 15.1 Å². The summed E-state index contributed by atoms with van der Waals surface area (Å²) in [5, 5.41) is 10.5. The van der Waals surface area contributed by atoms with Gasteiger partial charge in [0.15, 0.2) is 0 Å². The monoisotopic (exact) mass is 483 g/mol. The normalized spacial score (nSPS) is 19.6. The van der Waals surface area contributed by atoms with Crippen LogP contribution in [0, 0.1) is 11.3 Å². The fraction of sp³-hybridized carbons (Fsp3) is 0.381. The standard InChI is InChI=1S/C21H20Cl3N3O2S/c22-16-2-6-20(23)15(9-16)12-27(17-3-1-14(11-25)21(24)10-17)18-7-8-26(13-18)30(28,29)19-4-5-19/h1-3,6,9-10,18-19H,4-5,7-8,12-13H2/t18-/m0/s1. The molecule has 4 rings (SSSR count). The van der Waals surface area contributed by atoms with Crippen LogP contribution >= 0.6 is 34.8 Å². The van der Waals surface area contributed by atoms with Gasteiger partial charge in [-0.05, 0) is 61.2 Å². The lowest BCUT2D eigenvalue weighted by Crippen LogP contribution is -2.39. The number of sulfonamides is 1. The number of benzene rings is 2. The maximum atomic E-state index is 12.7. The molecule has 9 heteroatoms. The van der Waals surface area contributed by atoms with Crippen molar-refractivity contribution in [1.82, 2.24) is 4.31 Å². The van der Waals surface area contributed by atoms with Crippen LogP contribution in [0.1, 0.15) is 30.4 Å². The van der Waals surface area contributed by atoms with Crippen LogP contribution in [-0.2, 0) is 16.6 Å². The molecule has 1 aliphatic carbocycles. The van der Waals surface area contributed by atoms with E-state index in [1.54, 1.807) is 28.6 Å². The molecule has 1 atom stereocenters. The van der Waals surface area contributed by atoms with Gasteiger partial charge in [-0.2, -0.15) is 9.57 Å². The van der Waals surface area contributed by atoms with Crippen molar-refractivity contribution in [3.8, 4) is 6.07 Å². The molecule has 1 saturated heterocycles. The molecule has 2 aromatic carbocycles. The van der Waals surface area contributed by atoms with Crippen molar-refractivity contribution in [3.05, 3.63) is 62.6 Å². The van der Waals surface area contributed by atoms with E-state index in [1.165, 1.54) is 0 Å². The van der Waals surface area contributed by atoms with Crippen molar-refractivity contribution in [3.63, 3.8) is 0 Å². The van der Waals surface area contributed by atoms with E-state index in [0.29, 0.717) is 46.7 Å². The lowest BCUT2D eigenvalue weighted by atomic mass is 10.1. The molecular formula is C21H20Cl3N3O2S. The van der Waals surface area contributed by atoms with Gasteiger partial charge < -0.3 is 4.90 Å². The van der Waals surface area contributed by atoms with Gasteiger partial charge in [-0.1, -0.05) is 34.8 Å². The van der Waals surface area contributed by atoms with Crippen LogP contribution in [0.5, 0.6) is 0 Å². The highest BCUT2D eigenvalue weighted by molar-refractivity contribution is 7.90. The molecule has 0 unspecified atom stereocenters. The molecule has 0 spiro atoms. The first-order valence-electron chi connectivity index (χ1n) is 9.69. The van der Waals surface area contributed by atoms with E-state index < -0.39 is 10.0 Å². The van der Waals surface area contributed by atoms with E-state index in [9.17, 15) is 13.7 Å². The van der Waals surface area contributed by atoms with Crippen LogP contribution in [0.15, 0.2) is 36.4 Å². The average molecular weight is 485 g/mol. The molecule has 0 amide bonds. The molecule has 2 aromatic rings.